The third kappa shape index (κ3) is 5.28. The molecule has 0 fully saturated rings. The van der Waals surface area contributed by atoms with Crippen molar-refractivity contribution in [3.8, 4) is 0 Å². The number of para-hydroxylation sites is 2. The highest BCUT2D eigenvalue weighted by atomic mass is 19.4. The molecular weight excluding hydrogens is 387 g/mol. The second kappa shape index (κ2) is 8.26. The molecule has 150 valence electrons. The van der Waals surface area contributed by atoms with Crippen molar-refractivity contribution < 1.29 is 27.9 Å². The maximum absolute atomic E-state index is 12.6. The van der Waals surface area contributed by atoms with Crippen LogP contribution >= 0.6 is 0 Å². The van der Waals surface area contributed by atoms with Crippen LogP contribution in [0.2, 0.25) is 0 Å². The molecule has 2 N–H and O–H groups in total. The number of nitrogens with one attached hydrogen (secondary N) is 1. The molecule has 0 aliphatic rings. The van der Waals surface area contributed by atoms with Gasteiger partial charge in [-0.2, -0.15) is 13.2 Å². The van der Waals surface area contributed by atoms with Crippen LogP contribution in [0.1, 0.15) is 16.8 Å². The number of carboxylic acids is 1. The minimum atomic E-state index is -4.46. The van der Waals surface area contributed by atoms with Crippen molar-refractivity contribution in [3.05, 3.63) is 71.5 Å². The molecule has 2 aromatic carbocycles. The Labute approximate surface area is 163 Å². The van der Waals surface area contributed by atoms with Gasteiger partial charge in [0.05, 0.1) is 28.7 Å². The van der Waals surface area contributed by atoms with E-state index < -0.39 is 29.7 Å². The molecule has 0 spiro atoms. The summed E-state index contributed by atoms with van der Waals surface area (Å²) in [7, 11) is 0. The van der Waals surface area contributed by atoms with E-state index in [1.807, 2.05) is 0 Å². The van der Waals surface area contributed by atoms with Crippen molar-refractivity contribution in [3.63, 3.8) is 0 Å². The van der Waals surface area contributed by atoms with Gasteiger partial charge in [0.2, 0.25) is 5.91 Å². The monoisotopic (exact) mass is 403 g/mol. The van der Waals surface area contributed by atoms with Gasteiger partial charge in [-0.3, -0.25) is 9.78 Å². The van der Waals surface area contributed by atoms with E-state index in [1.165, 1.54) is 18.3 Å². The summed E-state index contributed by atoms with van der Waals surface area (Å²) in [6, 6.07) is 9.98. The molecule has 1 heterocycles. The van der Waals surface area contributed by atoms with Gasteiger partial charge in [-0.05, 0) is 29.8 Å². The lowest BCUT2D eigenvalue weighted by Gasteiger charge is -2.14. The molecule has 29 heavy (non-hydrogen) atoms. The standard InChI is InChI=1S/C20H16F3N3O3/c21-20(22,23)13-7-5-12(6-8-13)9-18(27)26-17(19(28)29)10-14-11-24-15-3-1-2-4-16(15)25-14/h1-8,11,17H,9-10H2,(H,26,27)(H,28,29)/t17-/m1/s1. The van der Waals surface area contributed by atoms with Gasteiger partial charge in [0.25, 0.3) is 0 Å². The fraction of sp³-hybridized carbons (Fsp3) is 0.200. The third-order valence-electron chi connectivity index (χ3n) is 4.19. The van der Waals surface area contributed by atoms with Crippen molar-refractivity contribution >= 4 is 22.9 Å². The average molecular weight is 403 g/mol. The number of benzene rings is 2. The van der Waals surface area contributed by atoms with E-state index in [-0.39, 0.29) is 12.8 Å². The Hall–Kier alpha value is -3.49. The number of amides is 1. The zero-order chi connectivity index (χ0) is 21.0. The SMILES string of the molecule is O=C(Cc1ccc(C(F)(F)F)cc1)N[C@H](Cc1cnc2ccccc2n1)C(=O)O. The van der Waals surface area contributed by atoms with Crippen molar-refractivity contribution in [2.24, 2.45) is 0 Å². The first-order valence-corrected chi connectivity index (χ1v) is 8.61. The zero-order valence-corrected chi connectivity index (χ0v) is 15.0. The van der Waals surface area contributed by atoms with Crippen LogP contribution in [-0.2, 0) is 28.6 Å². The van der Waals surface area contributed by atoms with E-state index in [0.717, 1.165) is 12.1 Å². The minimum absolute atomic E-state index is 0.0775. The Balaban J connectivity index is 1.66. The number of carbonyl (C=O) groups is 2. The van der Waals surface area contributed by atoms with Gasteiger partial charge in [0, 0.05) is 12.6 Å². The highest BCUT2D eigenvalue weighted by molar-refractivity contribution is 5.85. The number of aromatic nitrogens is 2. The predicted molar refractivity (Wildman–Crippen MR) is 98.0 cm³/mol. The van der Waals surface area contributed by atoms with Gasteiger partial charge in [0.1, 0.15) is 6.04 Å². The van der Waals surface area contributed by atoms with Crippen LogP contribution in [0.4, 0.5) is 13.2 Å². The van der Waals surface area contributed by atoms with Gasteiger partial charge < -0.3 is 10.4 Å². The molecule has 6 nitrogen and oxygen atoms in total. The van der Waals surface area contributed by atoms with Gasteiger partial charge >= 0.3 is 12.1 Å². The smallest absolute Gasteiger partial charge is 0.416 e. The molecule has 0 saturated carbocycles. The summed E-state index contributed by atoms with van der Waals surface area (Å²) in [4.78, 5) is 32.2. The molecule has 3 aromatic rings. The van der Waals surface area contributed by atoms with Gasteiger partial charge in [-0.25, -0.2) is 9.78 Å². The van der Waals surface area contributed by atoms with Crippen molar-refractivity contribution in [1.29, 1.82) is 0 Å². The summed E-state index contributed by atoms with van der Waals surface area (Å²) in [6.07, 6.45) is -3.34. The van der Waals surface area contributed by atoms with Gasteiger partial charge in [0.15, 0.2) is 0 Å². The van der Waals surface area contributed by atoms with Crippen LogP contribution in [0.3, 0.4) is 0 Å². The van der Waals surface area contributed by atoms with E-state index in [4.69, 9.17) is 0 Å². The first-order valence-electron chi connectivity index (χ1n) is 8.61. The Morgan fingerprint density at radius 2 is 1.69 bits per heavy atom. The molecule has 0 bridgehead atoms. The van der Waals surface area contributed by atoms with Gasteiger partial charge in [-0.1, -0.05) is 24.3 Å². The minimum Gasteiger partial charge on any atom is -0.480 e. The highest BCUT2D eigenvalue weighted by Crippen LogP contribution is 2.29. The molecule has 0 aliphatic carbocycles. The molecule has 0 unspecified atom stereocenters. The Morgan fingerprint density at radius 3 is 2.31 bits per heavy atom. The number of hydrogen-bond donors (Lipinski definition) is 2. The number of rotatable bonds is 6. The van der Waals surface area contributed by atoms with Crippen LogP contribution < -0.4 is 5.32 Å². The van der Waals surface area contributed by atoms with Crippen LogP contribution in [0, 0.1) is 0 Å². The number of fused-ring (bicyclic) bond motifs is 1. The molecule has 9 heteroatoms. The summed E-state index contributed by atoms with van der Waals surface area (Å²) < 4.78 is 37.8. The third-order valence-corrected chi connectivity index (χ3v) is 4.19. The number of aliphatic carboxylic acids is 1. The number of alkyl halides is 3. The lowest BCUT2D eigenvalue weighted by molar-refractivity contribution is -0.141. The largest absolute Gasteiger partial charge is 0.480 e. The number of halogens is 3. The number of nitrogens with zero attached hydrogens (tertiary/aromatic N) is 2. The molecule has 3 rings (SSSR count). The first kappa shape index (κ1) is 20.2. The van der Waals surface area contributed by atoms with Crippen molar-refractivity contribution in [2.45, 2.75) is 25.1 Å². The molecule has 0 saturated heterocycles. The Bertz CT molecular complexity index is 1040. The normalized spacial score (nSPS) is 12.5. The van der Waals surface area contributed by atoms with E-state index in [2.05, 4.69) is 15.3 Å². The maximum Gasteiger partial charge on any atom is 0.416 e. The van der Waals surface area contributed by atoms with Crippen LogP contribution in [0.15, 0.2) is 54.7 Å². The second-order valence-corrected chi connectivity index (χ2v) is 6.38. The average Bonchev–Trinajstić information content (AvgIpc) is 2.67. The molecule has 1 aromatic heterocycles. The fourth-order valence-corrected chi connectivity index (χ4v) is 2.75. The summed E-state index contributed by atoms with van der Waals surface area (Å²) in [6.45, 7) is 0. The Morgan fingerprint density at radius 1 is 1.03 bits per heavy atom. The number of carbonyl (C=O) groups excluding carboxylic acids is 1. The van der Waals surface area contributed by atoms with E-state index in [1.54, 1.807) is 24.3 Å². The lowest BCUT2D eigenvalue weighted by atomic mass is 10.1. The van der Waals surface area contributed by atoms with E-state index in [9.17, 15) is 27.9 Å². The molecule has 1 amide bonds. The van der Waals surface area contributed by atoms with Crippen LogP contribution in [0.25, 0.3) is 11.0 Å². The summed E-state index contributed by atoms with van der Waals surface area (Å²) >= 11 is 0. The fourth-order valence-electron chi connectivity index (χ4n) is 2.75. The predicted octanol–water partition coefficient (Wildman–Crippen LogP) is 3.00. The van der Waals surface area contributed by atoms with Crippen molar-refractivity contribution in [2.75, 3.05) is 0 Å². The number of carboxylic acid groups (broad SMARTS) is 1. The Kier molecular flexibility index (Phi) is 5.76. The summed E-state index contributed by atoms with van der Waals surface area (Å²) in [5.74, 6) is -1.87. The lowest BCUT2D eigenvalue weighted by Crippen LogP contribution is -2.43. The molecule has 1 atom stereocenters. The second-order valence-electron chi connectivity index (χ2n) is 6.38. The van der Waals surface area contributed by atoms with E-state index in [0.29, 0.717) is 22.3 Å². The molecule has 0 radical (unpaired) electrons. The maximum atomic E-state index is 12.6. The summed E-state index contributed by atoms with van der Waals surface area (Å²) in [5, 5.41) is 11.8. The topological polar surface area (TPSA) is 92.2 Å². The number of hydrogen-bond acceptors (Lipinski definition) is 4. The van der Waals surface area contributed by atoms with Crippen LogP contribution in [-0.4, -0.2) is 33.0 Å². The van der Waals surface area contributed by atoms with E-state index >= 15 is 0 Å². The highest BCUT2D eigenvalue weighted by Gasteiger charge is 2.30. The quantitative estimate of drug-likeness (QED) is 0.660. The summed E-state index contributed by atoms with van der Waals surface area (Å²) in [5.41, 5.74) is 1.18. The van der Waals surface area contributed by atoms with Crippen molar-refractivity contribution in [1.82, 2.24) is 15.3 Å². The first-order chi connectivity index (χ1) is 13.7. The van der Waals surface area contributed by atoms with Gasteiger partial charge in [-0.15, -0.1) is 0 Å². The molecular formula is C20H16F3N3O3. The zero-order valence-electron chi connectivity index (χ0n) is 15.0. The molecule has 0 aliphatic heterocycles. The van der Waals surface area contributed by atoms with Crippen LogP contribution in [0.5, 0.6) is 0 Å².